The van der Waals surface area contributed by atoms with Crippen molar-refractivity contribution < 1.29 is 0 Å². The summed E-state index contributed by atoms with van der Waals surface area (Å²) in [4.78, 5) is 4.49. The normalized spacial score (nSPS) is 13.6. The predicted molar refractivity (Wildman–Crippen MR) is 165 cm³/mol. The van der Waals surface area contributed by atoms with Crippen LogP contribution in [-0.2, 0) is 5.41 Å². The summed E-state index contributed by atoms with van der Waals surface area (Å²) in [5, 5.41) is 7.96. The van der Waals surface area contributed by atoms with Gasteiger partial charge < -0.3 is 0 Å². The van der Waals surface area contributed by atoms with Gasteiger partial charge in [-0.3, -0.25) is 4.98 Å². The molecule has 0 spiro atoms. The van der Waals surface area contributed by atoms with Gasteiger partial charge in [0.2, 0.25) is 0 Å². The van der Waals surface area contributed by atoms with Gasteiger partial charge in [0, 0.05) is 17.2 Å². The van der Waals surface area contributed by atoms with Crippen LogP contribution in [0.2, 0.25) is 0 Å². The van der Waals surface area contributed by atoms with Gasteiger partial charge in [0.1, 0.15) is 0 Å². The maximum Gasteiger partial charge on any atom is 0.0701 e. The Balaban J connectivity index is 1.31. The molecule has 0 N–H and O–H groups in total. The molecule has 0 saturated heterocycles. The van der Waals surface area contributed by atoms with Crippen LogP contribution < -0.4 is 0 Å². The number of hydrogen-bond acceptors (Lipinski definition) is 1. The largest absolute Gasteiger partial charge is 0.256 e. The minimum atomic E-state index is -0.0944. The molecule has 39 heavy (non-hydrogen) atoms. The summed E-state index contributed by atoms with van der Waals surface area (Å²) in [5.74, 6) is 0. The molecule has 7 aromatic rings. The minimum absolute atomic E-state index is 0.0944. The van der Waals surface area contributed by atoms with Crippen molar-refractivity contribution in [1.82, 2.24) is 4.98 Å². The Bertz CT molecular complexity index is 2070. The third-order valence-corrected chi connectivity index (χ3v) is 8.66. The SMILES string of the molecule is CC1(C)c2cc3cc(-c4ccc(-c5ccccn5)cc4)ccc3cc2-c2c1c1ccccc1c1ccccc21. The van der Waals surface area contributed by atoms with E-state index in [9.17, 15) is 0 Å². The summed E-state index contributed by atoms with van der Waals surface area (Å²) in [6, 6.07) is 44.4. The maximum atomic E-state index is 4.49. The summed E-state index contributed by atoms with van der Waals surface area (Å²) in [5.41, 5.74) is 10.1. The zero-order valence-electron chi connectivity index (χ0n) is 22.1. The molecule has 1 aliphatic carbocycles. The predicted octanol–water partition coefficient (Wildman–Crippen LogP) is 10.2. The van der Waals surface area contributed by atoms with E-state index in [-0.39, 0.29) is 5.41 Å². The molecule has 0 fully saturated rings. The standard InChI is InChI=1S/C38H27N/c1-38(2)34-23-28-21-26(24-14-16-25(17-15-24)35-13-7-8-20-39-35)18-19-27(28)22-33(34)36-31-11-5-3-9-29(31)30-10-4-6-12-32(30)37(36)38/h3-23H,1-2H3. The number of benzene rings is 6. The fraction of sp³-hybridized carbons (Fsp3) is 0.0789. The van der Waals surface area contributed by atoms with Crippen molar-refractivity contribution >= 4 is 32.3 Å². The highest BCUT2D eigenvalue weighted by Crippen LogP contribution is 2.55. The molecular formula is C38H27N. The number of hydrogen-bond donors (Lipinski definition) is 0. The minimum Gasteiger partial charge on any atom is -0.256 e. The van der Waals surface area contributed by atoms with Crippen molar-refractivity contribution in [3.8, 4) is 33.5 Å². The van der Waals surface area contributed by atoms with Gasteiger partial charge in [0.15, 0.2) is 0 Å². The van der Waals surface area contributed by atoms with E-state index in [1.807, 2.05) is 18.3 Å². The first-order valence-electron chi connectivity index (χ1n) is 13.6. The van der Waals surface area contributed by atoms with E-state index >= 15 is 0 Å². The highest BCUT2D eigenvalue weighted by atomic mass is 14.7. The summed E-state index contributed by atoms with van der Waals surface area (Å²) in [6.07, 6.45) is 1.84. The highest BCUT2D eigenvalue weighted by molar-refractivity contribution is 6.18. The van der Waals surface area contributed by atoms with Crippen LogP contribution in [0.15, 0.2) is 128 Å². The molecule has 6 aromatic carbocycles. The van der Waals surface area contributed by atoms with Crippen LogP contribution >= 0.6 is 0 Å². The van der Waals surface area contributed by atoms with Crippen molar-refractivity contribution in [3.05, 3.63) is 139 Å². The Morgan fingerprint density at radius 3 is 1.90 bits per heavy atom. The van der Waals surface area contributed by atoms with Gasteiger partial charge in [0.25, 0.3) is 0 Å². The van der Waals surface area contributed by atoms with Crippen molar-refractivity contribution in [1.29, 1.82) is 0 Å². The summed E-state index contributed by atoms with van der Waals surface area (Å²) < 4.78 is 0. The smallest absolute Gasteiger partial charge is 0.0701 e. The fourth-order valence-corrected chi connectivity index (χ4v) is 6.77. The van der Waals surface area contributed by atoms with Gasteiger partial charge in [-0.1, -0.05) is 105 Å². The number of pyridine rings is 1. The Kier molecular flexibility index (Phi) is 4.63. The van der Waals surface area contributed by atoms with Crippen molar-refractivity contribution in [2.75, 3.05) is 0 Å². The average molecular weight is 498 g/mol. The lowest BCUT2D eigenvalue weighted by Crippen LogP contribution is -2.15. The highest BCUT2D eigenvalue weighted by Gasteiger charge is 2.38. The lowest BCUT2D eigenvalue weighted by atomic mass is 9.79. The van der Waals surface area contributed by atoms with Gasteiger partial charge in [-0.2, -0.15) is 0 Å². The third kappa shape index (κ3) is 3.23. The lowest BCUT2D eigenvalue weighted by Gasteiger charge is -2.24. The van der Waals surface area contributed by atoms with E-state index in [0.717, 1.165) is 11.3 Å². The number of aromatic nitrogens is 1. The number of fused-ring (bicyclic) bond motifs is 9. The third-order valence-electron chi connectivity index (χ3n) is 8.66. The second-order valence-corrected chi connectivity index (χ2v) is 11.2. The van der Waals surface area contributed by atoms with Gasteiger partial charge in [-0.15, -0.1) is 0 Å². The van der Waals surface area contributed by atoms with Crippen LogP contribution in [0, 0.1) is 0 Å². The van der Waals surface area contributed by atoms with Crippen molar-refractivity contribution in [2.45, 2.75) is 19.3 Å². The van der Waals surface area contributed by atoms with Gasteiger partial charge in [-0.05, 0) is 96.0 Å². The molecule has 0 atom stereocenters. The Morgan fingerprint density at radius 2 is 1.15 bits per heavy atom. The molecule has 0 amide bonds. The quantitative estimate of drug-likeness (QED) is 0.217. The molecule has 0 saturated carbocycles. The molecule has 0 bridgehead atoms. The summed E-state index contributed by atoms with van der Waals surface area (Å²) in [7, 11) is 0. The van der Waals surface area contributed by atoms with Gasteiger partial charge in [-0.25, -0.2) is 0 Å². The monoisotopic (exact) mass is 497 g/mol. The molecule has 1 aliphatic rings. The number of nitrogens with zero attached hydrogens (tertiary/aromatic N) is 1. The molecule has 184 valence electrons. The molecule has 1 heterocycles. The topological polar surface area (TPSA) is 12.9 Å². The zero-order chi connectivity index (χ0) is 26.1. The van der Waals surface area contributed by atoms with Crippen LogP contribution in [0.25, 0.3) is 65.8 Å². The van der Waals surface area contributed by atoms with Crippen molar-refractivity contribution in [2.24, 2.45) is 0 Å². The van der Waals surface area contributed by atoms with E-state index < -0.39 is 0 Å². The summed E-state index contributed by atoms with van der Waals surface area (Å²) in [6.45, 7) is 4.79. The summed E-state index contributed by atoms with van der Waals surface area (Å²) >= 11 is 0. The first-order chi connectivity index (χ1) is 19.1. The van der Waals surface area contributed by atoms with E-state index in [1.165, 1.54) is 65.7 Å². The van der Waals surface area contributed by atoms with Crippen LogP contribution in [0.4, 0.5) is 0 Å². The molecule has 0 radical (unpaired) electrons. The van der Waals surface area contributed by atoms with E-state index in [1.54, 1.807) is 0 Å². The zero-order valence-corrected chi connectivity index (χ0v) is 22.1. The first kappa shape index (κ1) is 22.3. The molecule has 1 heteroatoms. The van der Waals surface area contributed by atoms with Crippen LogP contribution in [0.3, 0.4) is 0 Å². The van der Waals surface area contributed by atoms with Crippen molar-refractivity contribution in [3.63, 3.8) is 0 Å². The number of rotatable bonds is 2. The fourth-order valence-electron chi connectivity index (χ4n) is 6.77. The van der Waals surface area contributed by atoms with E-state index in [2.05, 4.69) is 128 Å². The Hall–Kier alpha value is -4.75. The second-order valence-electron chi connectivity index (χ2n) is 11.2. The van der Waals surface area contributed by atoms with E-state index in [0.29, 0.717) is 0 Å². The molecule has 0 unspecified atom stereocenters. The first-order valence-corrected chi connectivity index (χ1v) is 13.6. The van der Waals surface area contributed by atoms with Crippen LogP contribution in [0.1, 0.15) is 25.0 Å². The molecule has 1 nitrogen and oxygen atoms in total. The molecular weight excluding hydrogens is 470 g/mol. The second kappa shape index (κ2) is 8.12. The van der Waals surface area contributed by atoms with Crippen LogP contribution in [-0.4, -0.2) is 4.98 Å². The molecule has 0 aliphatic heterocycles. The van der Waals surface area contributed by atoms with Crippen LogP contribution in [0.5, 0.6) is 0 Å². The Morgan fingerprint density at radius 1 is 0.513 bits per heavy atom. The van der Waals surface area contributed by atoms with Gasteiger partial charge in [0.05, 0.1) is 5.69 Å². The molecule has 8 rings (SSSR count). The van der Waals surface area contributed by atoms with Gasteiger partial charge >= 0.3 is 0 Å². The average Bonchev–Trinajstić information content (AvgIpc) is 3.22. The van der Waals surface area contributed by atoms with E-state index in [4.69, 9.17) is 0 Å². The Labute approximate surface area is 228 Å². The molecule has 1 aromatic heterocycles. The lowest BCUT2D eigenvalue weighted by molar-refractivity contribution is 0.667. The maximum absolute atomic E-state index is 4.49.